The van der Waals surface area contributed by atoms with Gasteiger partial charge in [-0.2, -0.15) is 0 Å². The predicted molar refractivity (Wildman–Crippen MR) is 64.6 cm³/mol. The number of carbonyl (C=O) groups excluding carboxylic acids is 1. The molecular weight excluding hydrogens is 249 g/mol. The Hall–Kier alpha value is -2.24. The number of ether oxygens (including phenoxy) is 1. The number of hydrogen-bond acceptors (Lipinski definition) is 4. The highest BCUT2D eigenvalue weighted by atomic mass is 19.1. The third kappa shape index (κ3) is 2.21. The van der Waals surface area contributed by atoms with Crippen LogP contribution in [0.2, 0.25) is 0 Å². The molecule has 2 aromatic rings. The molecule has 0 unspecified atom stereocenters. The standard InChI is InChI=1S/C13H12FN3O2/c1-19-13(18)10-4-12(9(14)5-15-10)17-6-11(16-7-17)8-2-3-8/h4-8H,2-3H2,1H3. The Morgan fingerprint density at radius 3 is 2.95 bits per heavy atom. The Labute approximate surface area is 109 Å². The molecule has 0 radical (unpaired) electrons. The summed E-state index contributed by atoms with van der Waals surface area (Å²) in [6.07, 6.45) is 6.61. The molecule has 1 aliphatic carbocycles. The first-order valence-electron chi connectivity index (χ1n) is 5.97. The second-order valence-corrected chi connectivity index (χ2v) is 4.49. The zero-order valence-electron chi connectivity index (χ0n) is 10.3. The highest BCUT2D eigenvalue weighted by Gasteiger charge is 2.26. The molecule has 5 nitrogen and oxygen atoms in total. The van der Waals surface area contributed by atoms with Crippen LogP contribution in [0.1, 0.15) is 34.9 Å². The van der Waals surface area contributed by atoms with E-state index in [1.807, 2.05) is 0 Å². The number of nitrogens with zero attached hydrogens (tertiary/aromatic N) is 3. The van der Waals surface area contributed by atoms with Crippen molar-refractivity contribution in [3.05, 3.63) is 42.0 Å². The molecule has 98 valence electrons. The van der Waals surface area contributed by atoms with Crippen LogP contribution >= 0.6 is 0 Å². The van der Waals surface area contributed by atoms with Gasteiger partial charge in [-0.3, -0.25) is 0 Å². The number of methoxy groups -OCH3 is 1. The monoisotopic (exact) mass is 261 g/mol. The van der Waals surface area contributed by atoms with E-state index in [0.717, 1.165) is 24.7 Å². The molecule has 0 amide bonds. The third-order valence-corrected chi connectivity index (χ3v) is 3.11. The lowest BCUT2D eigenvalue weighted by molar-refractivity contribution is 0.0594. The van der Waals surface area contributed by atoms with Crippen LogP contribution in [0.4, 0.5) is 4.39 Å². The van der Waals surface area contributed by atoms with Crippen LogP contribution in [0.15, 0.2) is 24.8 Å². The molecule has 2 heterocycles. The summed E-state index contributed by atoms with van der Waals surface area (Å²) in [6.45, 7) is 0. The molecule has 0 aromatic carbocycles. The number of rotatable bonds is 3. The van der Waals surface area contributed by atoms with Gasteiger partial charge >= 0.3 is 5.97 Å². The molecule has 0 bridgehead atoms. The van der Waals surface area contributed by atoms with Gasteiger partial charge < -0.3 is 9.30 Å². The highest BCUT2D eigenvalue weighted by Crippen LogP contribution is 2.39. The summed E-state index contributed by atoms with van der Waals surface area (Å²) in [5.41, 5.74) is 1.27. The number of hydrogen-bond donors (Lipinski definition) is 0. The minimum Gasteiger partial charge on any atom is -0.464 e. The van der Waals surface area contributed by atoms with E-state index in [1.54, 1.807) is 17.1 Å². The lowest BCUT2D eigenvalue weighted by atomic mass is 10.3. The maximum absolute atomic E-state index is 13.8. The summed E-state index contributed by atoms with van der Waals surface area (Å²) in [6, 6.07) is 1.36. The average Bonchev–Trinajstić information content (AvgIpc) is 3.17. The number of halogens is 1. The lowest BCUT2D eigenvalue weighted by Gasteiger charge is -2.05. The normalized spacial score (nSPS) is 14.4. The molecule has 19 heavy (non-hydrogen) atoms. The van der Waals surface area contributed by atoms with Crippen LogP contribution < -0.4 is 0 Å². The van der Waals surface area contributed by atoms with Crippen LogP contribution in [0.25, 0.3) is 5.69 Å². The van der Waals surface area contributed by atoms with E-state index < -0.39 is 11.8 Å². The van der Waals surface area contributed by atoms with E-state index in [0.29, 0.717) is 5.92 Å². The van der Waals surface area contributed by atoms with E-state index in [1.165, 1.54) is 13.2 Å². The summed E-state index contributed by atoms with van der Waals surface area (Å²) in [4.78, 5) is 19.4. The van der Waals surface area contributed by atoms with Crippen molar-refractivity contribution in [3.8, 4) is 5.69 Å². The van der Waals surface area contributed by atoms with E-state index in [2.05, 4.69) is 14.7 Å². The van der Waals surface area contributed by atoms with Crippen molar-refractivity contribution in [2.24, 2.45) is 0 Å². The van der Waals surface area contributed by atoms with E-state index >= 15 is 0 Å². The highest BCUT2D eigenvalue weighted by molar-refractivity contribution is 5.87. The van der Waals surface area contributed by atoms with E-state index in [4.69, 9.17) is 0 Å². The van der Waals surface area contributed by atoms with Gasteiger partial charge in [0.15, 0.2) is 11.5 Å². The number of carbonyl (C=O) groups is 1. The van der Waals surface area contributed by atoms with E-state index in [-0.39, 0.29) is 11.4 Å². The largest absolute Gasteiger partial charge is 0.464 e. The molecule has 0 atom stereocenters. The van der Waals surface area contributed by atoms with Crippen molar-refractivity contribution in [1.82, 2.24) is 14.5 Å². The molecule has 0 saturated heterocycles. The Morgan fingerprint density at radius 2 is 2.26 bits per heavy atom. The Kier molecular flexibility index (Phi) is 2.77. The maximum atomic E-state index is 13.8. The molecule has 0 spiro atoms. The van der Waals surface area contributed by atoms with Gasteiger partial charge in [0.25, 0.3) is 0 Å². The molecule has 1 aliphatic rings. The summed E-state index contributed by atoms with van der Waals surface area (Å²) < 4.78 is 19.9. The topological polar surface area (TPSA) is 57.0 Å². The summed E-state index contributed by atoms with van der Waals surface area (Å²) in [5.74, 6) is -0.609. The first-order valence-corrected chi connectivity index (χ1v) is 5.97. The van der Waals surface area contributed by atoms with Gasteiger partial charge in [-0.1, -0.05) is 0 Å². The molecule has 3 rings (SSSR count). The fraction of sp³-hybridized carbons (Fsp3) is 0.308. The van der Waals surface area contributed by atoms with Gasteiger partial charge in [0.1, 0.15) is 0 Å². The number of aromatic nitrogens is 3. The summed E-state index contributed by atoms with van der Waals surface area (Å²) in [5, 5.41) is 0. The lowest BCUT2D eigenvalue weighted by Crippen LogP contribution is -2.07. The number of esters is 1. The summed E-state index contributed by atoms with van der Waals surface area (Å²) in [7, 11) is 1.26. The minimum absolute atomic E-state index is 0.0700. The zero-order valence-corrected chi connectivity index (χ0v) is 10.3. The third-order valence-electron chi connectivity index (χ3n) is 3.11. The first kappa shape index (κ1) is 11.8. The van der Waals surface area contributed by atoms with Gasteiger partial charge in [0, 0.05) is 12.1 Å². The maximum Gasteiger partial charge on any atom is 0.356 e. The van der Waals surface area contributed by atoms with Crippen molar-refractivity contribution >= 4 is 5.97 Å². The number of pyridine rings is 1. The van der Waals surface area contributed by atoms with Gasteiger partial charge in [0.05, 0.1) is 31.0 Å². The molecule has 6 heteroatoms. The fourth-order valence-electron chi connectivity index (χ4n) is 1.90. The Balaban J connectivity index is 1.99. The van der Waals surface area contributed by atoms with Crippen LogP contribution in [0.5, 0.6) is 0 Å². The second kappa shape index (κ2) is 4.46. The van der Waals surface area contributed by atoms with Gasteiger partial charge in [-0.15, -0.1) is 0 Å². The number of imidazole rings is 1. The molecule has 1 saturated carbocycles. The van der Waals surface area contributed by atoms with Crippen molar-refractivity contribution in [2.75, 3.05) is 7.11 Å². The van der Waals surface area contributed by atoms with Crippen LogP contribution in [0, 0.1) is 5.82 Å². The predicted octanol–water partition coefficient (Wildman–Crippen LogP) is 2.07. The van der Waals surface area contributed by atoms with Crippen molar-refractivity contribution in [1.29, 1.82) is 0 Å². The molecule has 0 N–H and O–H groups in total. The van der Waals surface area contributed by atoms with Crippen LogP contribution in [0.3, 0.4) is 0 Å². The minimum atomic E-state index is -0.594. The Morgan fingerprint density at radius 1 is 1.47 bits per heavy atom. The molecule has 1 fully saturated rings. The van der Waals surface area contributed by atoms with E-state index in [9.17, 15) is 9.18 Å². The van der Waals surface area contributed by atoms with Crippen molar-refractivity contribution in [3.63, 3.8) is 0 Å². The molecular formula is C13H12FN3O2. The van der Waals surface area contributed by atoms with Gasteiger partial charge in [-0.05, 0) is 18.9 Å². The van der Waals surface area contributed by atoms with Crippen LogP contribution in [-0.4, -0.2) is 27.6 Å². The SMILES string of the molecule is COC(=O)c1cc(-n2cnc(C3CC3)c2)c(F)cn1. The smallest absolute Gasteiger partial charge is 0.356 e. The second-order valence-electron chi connectivity index (χ2n) is 4.49. The van der Waals surface area contributed by atoms with Crippen LogP contribution in [-0.2, 0) is 4.74 Å². The first-order chi connectivity index (χ1) is 9.19. The van der Waals surface area contributed by atoms with Crippen molar-refractivity contribution < 1.29 is 13.9 Å². The summed E-state index contributed by atoms with van der Waals surface area (Å²) >= 11 is 0. The molecule has 0 aliphatic heterocycles. The van der Waals surface area contributed by atoms with Crippen molar-refractivity contribution in [2.45, 2.75) is 18.8 Å². The van der Waals surface area contributed by atoms with Gasteiger partial charge in [0.2, 0.25) is 0 Å². The molecule has 2 aromatic heterocycles. The van der Waals surface area contributed by atoms with Gasteiger partial charge in [-0.25, -0.2) is 19.2 Å². The Bertz CT molecular complexity index is 635. The quantitative estimate of drug-likeness (QED) is 0.794. The average molecular weight is 261 g/mol. The zero-order chi connectivity index (χ0) is 13.4. The fourth-order valence-corrected chi connectivity index (χ4v) is 1.90.